The van der Waals surface area contributed by atoms with Crippen molar-refractivity contribution < 1.29 is 18.0 Å². The molecule has 16 heavy (non-hydrogen) atoms. The van der Waals surface area contributed by atoms with Gasteiger partial charge in [0.15, 0.2) is 0 Å². The van der Waals surface area contributed by atoms with Crippen LogP contribution in [0.3, 0.4) is 0 Å². The fourth-order valence-corrected chi connectivity index (χ4v) is 1.83. The van der Waals surface area contributed by atoms with Gasteiger partial charge in [-0.3, -0.25) is 4.79 Å². The Hall–Kier alpha value is -1.52. The van der Waals surface area contributed by atoms with E-state index in [9.17, 15) is 18.0 Å². The Morgan fingerprint density at radius 1 is 1.25 bits per heavy atom. The van der Waals surface area contributed by atoms with Gasteiger partial charge < -0.3 is 4.90 Å². The summed E-state index contributed by atoms with van der Waals surface area (Å²) in [6, 6.07) is 3.49. The maximum atomic E-state index is 12.5. The molecule has 0 saturated carbocycles. The lowest BCUT2D eigenvalue weighted by atomic mass is 9.99. The molecule has 0 unspecified atom stereocenters. The number of carbonyl (C=O) groups is 1. The highest BCUT2D eigenvalue weighted by Crippen LogP contribution is 2.34. The van der Waals surface area contributed by atoms with Crippen LogP contribution in [0.5, 0.6) is 0 Å². The van der Waals surface area contributed by atoms with E-state index in [1.807, 2.05) is 0 Å². The zero-order chi connectivity index (χ0) is 11.9. The summed E-state index contributed by atoms with van der Waals surface area (Å²) in [6.07, 6.45) is -3.68. The second-order valence-electron chi connectivity index (χ2n) is 3.79. The first-order valence-corrected chi connectivity index (χ1v) is 4.86. The van der Waals surface area contributed by atoms with Crippen LogP contribution in [-0.4, -0.2) is 13.0 Å². The lowest BCUT2D eigenvalue weighted by molar-refractivity contribution is -0.137. The summed E-state index contributed by atoms with van der Waals surface area (Å²) in [5.74, 6) is -0.0627. The maximum Gasteiger partial charge on any atom is 0.416 e. The van der Waals surface area contributed by atoms with Gasteiger partial charge in [0.25, 0.3) is 0 Å². The summed E-state index contributed by atoms with van der Waals surface area (Å²) in [6.45, 7) is 0. The molecule has 0 spiro atoms. The van der Waals surface area contributed by atoms with E-state index in [0.717, 1.165) is 12.1 Å². The van der Waals surface area contributed by atoms with Crippen LogP contribution in [0, 0.1) is 0 Å². The summed E-state index contributed by atoms with van der Waals surface area (Å²) in [5.41, 5.74) is 0.496. The van der Waals surface area contributed by atoms with Crippen molar-refractivity contribution in [3.63, 3.8) is 0 Å². The zero-order valence-electron chi connectivity index (χ0n) is 8.64. The number of alkyl halides is 3. The Bertz CT molecular complexity index is 439. The van der Waals surface area contributed by atoms with Gasteiger partial charge in [0.05, 0.1) is 5.56 Å². The number of rotatable bonds is 0. The van der Waals surface area contributed by atoms with E-state index in [2.05, 4.69) is 0 Å². The summed E-state index contributed by atoms with van der Waals surface area (Å²) in [7, 11) is 1.58. The highest BCUT2D eigenvalue weighted by atomic mass is 19.4. The molecule has 0 aliphatic carbocycles. The van der Waals surface area contributed by atoms with Crippen LogP contribution in [0.15, 0.2) is 18.2 Å². The monoisotopic (exact) mass is 229 g/mol. The fraction of sp³-hybridized carbons (Fsp3) is 0.364. The summed E-state index contributed by atoms with van der Waals surface area (Å²) < 4.78 is 37.4. The van der Waals surface area contributed by atoms with Crippen molar-refractivity contribution in [2.45, 2.75) is 19.0 Å². The van der Waals surface area contributed by atoms with Gasteiger partial charge in [-0.1, -0.05) is 0 Å². The van der Waals surface area contributed by atoms with E-state index in [1.54, 1.807) is 7.05 Å². The Morgan fingerprint density at radius 3 is 2.56 bits per heavy atom. The van der Waals surface area contributed by atoms with Gasteiger partial charge in [0.1, 0.15) is 0 Å². The number of hydrogen-bond acceptors (Lipinski definition) is 1. The molecule has 1 aliphatic heterocycles. The number of anilines is 1. The van der Waals surface area contributed by atoms with E-state index in [0.29, 0.717) is 17.7 Å². The molecule has 0 radical (unpaired) electrons. The molecule has 0 aromatic heterocycles. The van der Waals surface area contributed by atoms with Crippen LogP contribution < -0.4 is 4.90 Å². The zero-order valence-corrected chi connectivity index (χ0v) is 8.64. The minimum Gasteiger partial charge on any atom is -0.315 e. The van der Waals surface area contributed by atoms with Crippen molar-refractivity contribution in [1.29, 1.82) is 0 Å². The molecule has 0 fully saturated rings. The molecule has 0 saturated heterocycles. The predicted molar refractivity (Wildman–Crippen MR) is 53.2 cm³/mol. The quantitative estimate of drug-likeness (QED) is 0.669. The topological polar surface area (TPSA) is 20.3 Å². The van der Waals surface area contributed by atoms with Gasteiger partial charge in [-0.05, 0) is 30.2 Å². The molecule has 0 N–H and O–H groups in total. The Kier molecular flexibility index (Phi) is 2.40. The van der Waals surface area contributed by atoms with Gasteiger partial charge in [-0.2, -0.15) is 13.2 Å². The number of halogens is 3. The molecule has 2 rings (SSSR count). The summed E-state index contributed by atoms with van der Waals surface area (Å²) >= 11 is 0. The van der Waals surface area contributed by atoms with Crippen molar-refractivity contribution in [3.8, 4) is 0 Å². The van der Waals surface area contributed by atoms with Crippen molar-refractivity contribution in [2.24, 2.45) is 0 Å². The molecule has 1 amide bonds. The molecule has 1 aromatic carbocycles. The highest BCUT2D eigenvalue weighted by Gasteiger charge is 2.32. The van der Waals surface area contributed by atoms with Gasteiger partial charge in [-0.25, -0.2) is 0 Å². The van der Waals surface area contributed by atoms with Crippen molar-refractivity contribution in [3.05, 3.63) is 29.3 Å². The first-order valence-electron chi connectivity index (χ1n) is 4.86. The van der Waals surface area contributed by atoms with Crippen LogP contribution >= 0.6 is 0 Å². The first kappa shape index (κ1) is 11.0. The van der Waals surface area contributed by atoms with Gasteiger partial charge in [-0.15, -0.1) is 0 Å². The molecule has 1 aromatic rings. The standard InChI is InChI=1S/C11H10F3NO/c1-15-9-4-3-8(11(12,13)14)6-7(9)2-5-10(15)16/h3-4,6H,2,5H2,1H3. The number of aryl methyl sites for hydroxylation is 1. The van der Waals surface area contributed by atoms with Crippen molar-refractivity contribution in [2.75, 3.05) is 11.9 Å². The van der Waals surface area contributed by atoms with E-state index in [1.165, 1.54) is 11.0 Å². The molecule has 0 bridgehead atoms. The lowest BCUT2D eigenvalue weighted by Gasteiger charge is -2.26. The number of hydrogen-bond donors (Lipinski definition) is 0. The first-order chi connectivity index (χ1) is 7.39. The largest absolute Gasteiger partial charge is 0.416 e. The van der Waals surface area contributed by atoms with Gasteiger partial charge in [0.2, 0.25) is 5.91 Å². The number of fused-ring (bicyclic) bond motifs is 1. The Labute approximate surface area is 90.7 Å². The molecule has 0 atom stereocenters. The number of carbonyl (C=O) groups excluding carboxylic acids is 1. The lowest BCUT2D eigenvalue weighted by Crippen LogP contribution is -2.31. The number of amides is 1. The van der Waals surface area contributed by atoms with Gasteiger partial charge in [0, 0.05) is 19.2 Å². The predicted octanol–water partition coefficient (Wildman–Crippen LogP) is 2.61. The molecule has 1 aliphatic rings. The molecule has 5 heteroatoms. The third kappa shape index (κ3) is 1.77. The Morgan fingerprint density at radius 2 is 1.94 bits per heavy atom. The highest BCUT2D eigenvalue weighted by molar-refractivity contribution is 5.95. The number of benzene rings is 1. The second kappa shape index (κ2) is 3.50. The Balaban J connectivity index is 2.45. The SMILES string of the molecule is CN1C(=O)CCc2cc(C(F)(F)F)ccc21. The van der Waals surface area contributed by atoms with Crippen LogP contribution in [0.25, 0.3) is 0 Å². The normalized spacial score (nSPS) is 16.2. The molecular formula is C11H10F3NO. The van der Waals surface area contributed by atoms with Crippen molar-refractivity contribution >= 4 is 11.6 Å². The third-order valence-electron chi connectivity index (χ3n) is 2.75. The fourth-order valence-electron chi connectivity index (χ4n) is 1.83. The molecule has 2 nitrogen and oxygen atoms in total. The van der Waals surface area contributed by atoms with E-state index < -0.39 is 11.7 Å². The third-order valence-corrected chi connectivity index (χ3v) is 2.75. The van der Waals surface area contributed by atoms with Crippen LogP contribution in [0.1, 0.15) is 17.5 Å². The average Bonchev–Trinajstić information content (AvgIpc) is 2.22. The van der Waals surface area contributed by atoms with E-state index in [-0.39, 0.29) is 12.3 Å². The summed E-state index contributed by atoms with van der Waals surface area (Å²) in [5, 5.41) is 0. The minimum atomic E-state index is -4.32. The van der Waals surface area contributed by atoms with E-state index in [4.69, 9.17) is 0 Å². The maximum absolute atomic E-state index is 12.5. The van der Waals surface area contributed by atoms with Crippen LogP contribution in [-0.2, 0) is 17.4 Å². The average molecular weight is 229 g/mol. The summed E-state index contributed by atoms with van der Waals surface area (Å²) in [4.78, 5) is 12.7. The van der Waals surface area contributed by atoms with E-state index >= 15 is 0 Å². The molecule has 86 valence electrons. The molecular weight excluding hydrogens is 219 g/mol. The smallest absolute Gasteiger partial charge is 0.315 e. The van der Waals surface area contributed by atoms with Crippen molar-refractivity contribution in [1.82, 2.24) is 0 Å². The molecule has 1 heterocycles. The van der Waals surface area contributed by atoms with Gasteiger partial charge >= 0.3 is 6.18 Å². The second-order valence-corrected chi connectivity index (χ2v) is 3.79. The number of nitrogens with zero attached hydrogens (tertiary/aromatic N) is 1. The minimum absolute atomic E-state index is 0.0627. The van der Waals surface area contributed by atoms with Crippen LogP contribution in [0.2, 0.25) is 0 Å². The van der Waals surface area contributed by atoms with Crippen LogP contribution in [0.4, 0.5) is 18.9 Å².